The number of halogens is 1. The smallest absolute Gasteiger partial charge is 0.329 e. The molecule has 0 atom stereocenters. The van der Waals surface area contributed by atoms with E-state index in [4.69, 9.17) is 4.42 Å². The summed E-state index contributed by atoms with van der Waals surface area (Å²) in [6.45, 7) is 3.97. The highest BCUT2D eigenvalue weighted by Gasteiger charge is 2.26. The Morgan fingerprint density at radius 1 is 0.850 bits per heavy atom. The van der Waals surface area contributed by atoms with Crippen molar-refractivity contribution in [2.75, 3.05) is 5.32 Å². The van der Waals surface area contributed by atoms with Crippen LogP contribution in [0.3, 0.4) is 0 Å². The molecule has 0 saturated heterocycles. The minimum absolute atomic E-state index is 0.0279. The van der Waals surface area contributed by atoms with Gasteiger partial charge in [0.2, 0.25) is 10.0 Å². The van der Waals surface area contributed by atoms with E-state index in [1.807, 2.05) is 38.1 Å². The molecule has 2 N–H and O–H groups in total. The molecular weight excluding hydrogens is 596 g/mol. The molecule has 0 radical (unpaired) electrons. The van der Waals surface area contributed by atoms with Crippen LogP contribution in [0, 0.1) is 13.8 Å². The lowest BCUT2D eigenvalue weighted by Gasteiger charge is -2.21. The van der Waals surface area contributed by atoms with Gasteiger partial charge in [0.05, 0.1) is 17.7 Å². The molecule has 0 aliphatic heterocycles. The summed E-state index contributed by atoms with van der Waals surface area (Å²) in [5.74, 6) is -1.19. The second-order valence-electron chi connectivity index (χ2n) is 9.04. The van der Waals surface area contributed by atoms with Crippen LogP contribution < -0.4 is 10.7 Å². The fraction of sp³-hybridized carbons (Fsp3) is 0.138. The van der Waals surface area contributed by atoms with Gasteiger partial charge in [0.1, 0.15) is 11.5 Å². The van der Waals surface area contributed by atoms with Crippen LogP contribution >= 0.6 is 15.9 Å². The van der Waals surface area contributed by atoms with Gasteiger partial charge in [-0.1, -0.05) is 63.5 Å². The van der Waals surface area contributed by atoms with Gasteiger partial charge in [0, 0.05) is 16.7 Å². The summed E-state index contributed by atoms with van der Waals surface area (Å²) < 4.78 is 35.0. The molecule has 40 heavy (non-hydrogen) atoms. The van der Waals surface area contributed by atoms with E-state index in [1.54, 1.807) is 60.7 Å². The number of rotatable bonds is 9. The largest absolute Gasteiger partial charge is 0.459 e. The summed E-state index contributed by atoms with van der Waals surface area (Å²) in [6, 6.07) is 24.3. The Bertz CT molecular complexity index is 1610. The standard InChI is InChI=1S/C29H27BrN4O5S/c1-20-3-7-22(8-4-20)18-34(40(37,38)27-15-5-21(2)6-16-27)19-26-14-13-25(39-26)17-31-33-29(36)28(35)32-24-11-9-23(30)10-12-24/h3-17H,18-19H2,1-2H3,(H,32,35)(H,33,36)/b31-17+. The van der Waals surface area contributed by atoms with Crippen molar-refractivity contribution in [3.63, 3.8) is 0 Å². The Labute approximate surface area is 241 Å². The van der Waals surface area contributed by atoms with Crippen LogP contribution in [0.15, 0.2) is 104 Å². The van der Waals surface area contributed by atoms with E-state index >= 15 is 0 Å². The van der Waals surface area contributed by atoms with Crippen molar-refractivity contribution in [2.45, 2.75) is 31.8 Å². The molecule has 2 amide bonds. The summed E-state index contributed by atoms with van der Waals surface area (Å²) >= 11 is 3.30. The molecule has 206 valence electrons. The van der Waals surface area contributed by atoms with Crippen LogP contribution in [0.1, 0.15) is 28.2 Å². The van der Waals surface area contributed by atoms with E-state index < -0.39 is 21.8 Å². The van der Waals surface area contributed by atoms with E-state index in [0.717, 1.165) is 21.2 Å². The van der Waals surface area contributed by atoms with Gasteiger partial charge in [0.25, 0.3) is 0 Å². The van der Waals surface area contributed by atoms with Crippen LogP contribution in [-0.2, 0) is 32.7 Å². The molecule has 0 spiro atoms. The van der Waals surface area contributed by atoms with E-state index in [9.17, 15) is 18.0 Å². The number of carbonyl (C=O) groups excluding carboxylic acids is 2. The van der Waals surface area contributed by atoms with E-state index in [2.05, 4.69) is 31.8 Å². The molecular formula is C29H27BrN4O5S. The van der Waals surface area contributed by atoms with Crippen LogP contribution in [0.4, 0.5) is 5.69 Å². The number of sulfonamides is 1. The Morgan fingerprint density at radius 3 is 2.12 bits per heavy atom. The third kappa shape index (κ3) is 7.75. The van der Waals surface area contributed by atoms with Crippen LogP contribution in [0.25, 0.3) is 0 Å². The number of hydrogen-bond acceptors (Lipinski definition) is 6. The van der Waals surface area contributed by atoms with Crippen LogP contribution in [-0.4, -0.2) is 30.8 Å². The third-order valence-electron chi connectivity index (χ3n) is 5.82. The number of amides is 2. The van der Waals surface area contributed by atoms with Crippen molar-refractivity contribution in [1.29, 1.82) is 0 Å². The number of aryl methyl sites for hydroxylation is 2. The summed E-state index contributed by atoms with van der Waals surface area (Å²) in [4.78, 5) is 24.3. The van der Waals surface area contributed by atoms with Crippen molar-refractivity contribution >= 4 is 49.7 Å². The average molecular weight is 624 g/mol. The van der Waals surface area contributed by atoms with Crippen LogP contribution in [0.2, 0.25) is 0 Å². The van der Waals surface area contributed by atoms with Crippen molar-refractivity contribution in [3.05, 3.63) is 118 Å². The predicted molar refractivity (Wildman–Crippen MR) is 156 cm³/mol. The van der Waals surface area contributed by atoms with Gasteiger partial charge >= 0.3 is 11.8 Å². The zero-order chi connectivity index (χ0) is 28.7. The minimum Gasteiger partial charge on any atom is -0.459 e. The van der Waals surface area contributed by atoms with E-state index in [-0.39, 0.29) is 23.7 Å². The zero-order valence-electron chi connectivity index (χ0n) is 21.8. The number of benzene rings is 3. The highest BCUT2D eigenvalue weighted by Crippen LogP contribution is 2.23. The fourth-order valence-corrected chi connectivity index (χ4v) is 5.29. The lowest BCUT2D eigenvalue weighted by Crippen LogP contribution is -2.32. The molecule has 0 bridgehead atoms. The lowest BCUT2D eigenvalue weighted by molar-refractivity contribution is -0.136. The normalized spacial score (nSPS) is 11.6. The van der Waals surface area contributed by atoms with Gasteiger partial charge in [-0.15, -0.1) is 0 Å². The van der Waals surface area contributed by atoms with Crippen LogP contribution in [0.5, 0.6) is 0 Å². The molecule has 3 aromatic carbocycles. The summed E-state index contributed by atoms with van der Waals surface area (Å²) in [5, 5.41) is 6.24. The monoisotopic (exact) mass is 622 g/mol. The number of furan rings is 1. The quantitative estimate of drug-likeness (QED) is 0.152. The first kappa shape index (κ1) is 28.9. The van der Waals surface area contributed by atoms with Crippen molar-refractivity contribution < 1.29 is 22.4 Å². The fourth-order valence-electron chi connectivity index (χ4n) is 3.63. The van der Waals surface area contributed by atoms with E-state index in [1.165, 1.54) is 10.5 Å². The lowest BCUT2D eigenvalue weighted by atomic mass is 10.1. The molecule has 0 fully saturated rings. The maximum atomic E-state index is 13.6. The number of carbonyl (C=O) groups is 2. The molecule has 4 aromatic rings. The van der Waals surface area contributed by atoms with Gasteiger partial charge in [-0.25, -0.2) is 13.8 Å². The van der Waals surface area contributed by atoms with Crippen molar-refractivity contribution in [1.82, 2.24) is 9.73 Å². The Morgan fingerprint density at radius 2 is 1.48 bits per heavy atom. The molecule has 0 aliphatic rings. The van der Waals surface area contributed by atoms with Gasteiger partial charge < -0.3 is 9.73 Å². The minimum atomic E-state index is -3.85. The Hall–Kier alpha value is -4.06. The average Bonchev–Trinajstić information content (AvgIpc) is 3.38. The number of hydrogen-bond donors (Lipinski definition) is 2. The second-order valence-corrected chi connectivity index (χ2v) is 11.9. The number of nitrogens with one attached hydrogen (secondary N) is 2. The highest BCUT2D eigenvalue weighted by atomic mass is 79.9. The zero-order valence-corrected chi connectivity index (χ0v) is 24.2. The van der Waals surface area contributed by atoms with E-state index in [0.29, 0.717) is 11.4 Å². The molecule has 11 heteroatoms. The first-order valence-corrected chi connectivity index (χ1v) is 14.4. The maximum absolute atomic E-state index is 13.6. The number of hydrazone groups is 1. The first-order chi connectivity index (χ1) is 19.1. The predicted octanol–water partition coefficient (Wildman–Crippen LogP) is 5.14. The molecule has 9 nitrogen and oxygen atoms in total. The van der Waals surface area contributed by atoms with Crippen molar-refractivity contribution in [2.24, 2.45) is 5.10 Å². The second kappa shape index (κ2) is 12.9. The highest BCUT2D eigenvalue weighted by molar-refractivity contribution is 9.10. The Kier molecular flexibility index (Phi) is 9.30. The van der Waals surface area contributed by atoms with Gasteiger partial charge in [-0.2, -0.15) is 9.41 Å². The third-order valence-corrected chi connectivity index (χ3v) is 8.15. The summed E-state index contributed by atoms with van der Waals surface area (Å²) in [5.41, 5.74) is 5.46. The molecule has 1 heterocycles. The van der Waals surface area contributed by atoms with Gasteiger partial charge in [-0.05, 0) is 67.9 Å². The molecule has 4 rings (SSSR count). The Balaban J connectivity index is 1.44. The topological polar surface area (TPSA) is 121 Å². The SMILES string of the molecule is Cc1ccc(CN(Cc2ccc(/C=N/NC(=O)C(=O)Nc3ccc(Br)cc3)o2)S(=O)(=O)c2ccc(C)cc2)cc1. The molecule has 1 aromatic heterocycles. The molecule has 0 saturated carbocycles. The molecule has 0 aliphatic carbocycles. The maximum Gasteiger partial charge on any atom is 0.329 e. The first-order valence-electron chi connectivity index (χ1n) is 12.2. The van der Waals surface area contributed by atoms with Crippen molar-refractivity contribution in [3.8, 4) is 0 Å². The summed E-state index contributed by atoms with van der Waals surface area (Å²) in [7, 11) is -3.85. The number of anilines is 1. The van der Waals surface area contributed by atoms with Gasteiger partial charge in [0.15, 0.2) is 0 Å². The molecule has 0 unspecified atom stereocenters. The summed E-state index contributed by atoms with van der Waals surface area (Å²) in [6.07, 6.45) is 1.23. The van der Waals surface area contributed by atoms with Gasteiger partial charge in [-0.3, -0.25) is 9.59 Å². The number of nitrogens with zero attached hydrogens (tertiary/aromatic N) is 2.